The standard InChI is InChI=1S/C21H27ClN4O/c22-19-16-23-26(17-19)15-14-25-12-5-10-21(25)9-4-11-24(20(21)27)13-8-18-6-2-1-3-7-18/h1-3,6-7,16-17H,4-5,8-15H2. The number of halogens is 1. The fraction of sp³-hybridized carbons (Fsp3) is 0.524. The molecule has 1 amide bonds. The molecule has 144 valence electrons. The maximum Gasteiger partial charge on any atom is 0.243 e. The quantitative estimate of drug-likeness (QED) is 0.765. The first-order chi connectivity index (χ1) is 13.2. The Morgan fingerprint density at radius 1 is 1.04 bits per heavy atom. The Balaban J connectivity index is 1.41. The summed E-state index contributed by atoms with van der Waals surface area (Å²) < 4.78 is 1.87. The zero-order chi connectivity index (χ0) is 18.7. The van der Waals surface area contributed by atoms with Crippen molar-refractivity contribution < 1.29 is 4.79 Å². The number of rotatable bonds is 6. The lowest BCUT2D eigenvalue weighted by Crippen LogP contribution is -2.60. The second kappa shape index (κ2) is 8.03. The topological polar surface area (TPSA) is 41.4 Å². The molecule has 2 aliphatic heterocycles. The van der Waals surface area contributed by atoms with Crippen molar-refractivity contribution in [2.45, 2.75) is 44.2 Å². The normalized spacial score (nSPS) is 23.4. The molecule has 3 heterocycles. The SMILES string of the molecule is O=C1N(CCc2ccccc2)CCCC12CCCN2CCn1cc(Cl)cn1. The van der Waals surface area contributed by atoms with Crippen LogP contribution in [0.1, 0.15) is 31.2 Å². The highest BCUT2D eigenvalue weighted by Gasteiger charge is 2.50. The van der Waals surface area contributed by atoms with Gasteiger partial charge in [0.15, 0.2) is 0 Å². The molecule has 0 aliphatic carbocycles. The van der Waals surface area contributed by atoms with Crippen LogP contribution < -0.4 is 0 Å². The Kier molecular flexibility index (Phi) is 5.50. The Morgan fingerprint density at radius 2 is 1.81 bits per heavy atom. The van der Waals surface area contributed by atoms with Gasteiger partial charge >= 0.3 is 0 Å². The third-order valence-electron chi connectivity index (χ3n) is 6.04. The molecule has 2 aromatic rings. The number of hydrogen-bond acceptors (Lipinski definition) is 3. The predicted octanol–water partition coefficient (Wildman–Crippen LogP) is 3.24. The fourth-order valence-corrected chi connectivity index (χ4v) is 4.81. The summed E-state index contributed by atoms with van der Waals surface area (Å²) >= 11 is 5.97. The van der Waals surface area contributed by atoms with Crippen molar-refractivity contribution >= 4 is 17.5 Å². The van der Waals surface area contributed by atoms with Gasteiger partial charge in [-0.3, -0.25) is 14.4 Å². The molecular formula is C21H27ClN4O. The van der Waals surface area contributed by atoms with E-state index in [1.807, 2.05) is 16.9 Å². The van der Waals surface area contributed by atoms with Crippen molar-refractivity contribution in [3.63, 3.8) is 0 Å². The molecule has 1 aromatic carbocycles. The highest BCUT2D eigenvalue weighted by Crippen LogP contribution is 2.38. The van der Waals surface area contributed by atoms with E-state index in [0.29, 0.717) is 10.9 Å². The molecule has 1 atom stereocenters. The number of amides is 1. The number of hydrogen-bond donors (Lipinski definition) is 0. The molecule has 6 heteroatoms. The van der Waals surface area contributed by atoms with E-state index in [9.17, 15) is 4.79 Å². The Hall–Kier alpha value is -1.85. The third kappa shape index (κ3) is 3.90. The average Bonchev–Trinajstić information content (AvgIpc) is 3.29. The highest BCUT2D eigenvalue weighted by molar-refractivity contribution is 6.30. The summed E-state index contributed by atoms with van der Waals surface area (Å²) in [7, 11) is 0. The summed E-state index contributed by atoms with van der Waals surface area (Å²) in [6.07, 6.45) is 8.58. The van der Waals surface area contributed by atoms with Crippen LogP contribution in [-0.4, -0.2) is 57.2 Å². The van der Waals surface area contributed by atoms with Crippen LogP contribution in [0.15, 0.2) is 42.7 Å². The predicted molar refractivity (Wildman–Crippen MR) is 107 cm³/mol. The zero-order valence-electron chi connectivity index (χ0n) is 15.7. The number of benzene rings is 1. The van der Waals surface area contributed by atoms with Gasteiger partial charge in [-0.2, -0.15) is 5.10 Å². The lowest BCUT2D eigenvalue weighted by Gasteiger charge is -2.44. The number of nitrogens with zero attached hydrogens (tertiary/aromatic N) is 4. The van der Waals surface area contributed by atoms with Crippen LogP contribution in [0.4, 0.5) is 0 Å². The molecule has 0 radical (unpaired) electrons. The lowest BCUT2D eigenvalue weighted by molar-refractivity contribution is -0.147. The summed E-state index contributed by atoms with van der Waals surface area (Å²) in [5.41, 5.74) is 0.995. The van der Waals surface area contributed by atoms with Crippen LogP contribution in [0.2, 0.25) is 5.02 Å². The van der Waals surface area contributed by atoms with Crippen molar-refractivity contribution in [3.05, 3.63) is 53.3 Å². The van der Waals surface area contributed by atoms with Crippen molar-refractivity contribution in [3.8, 4) is 0 Å². The van der Waals surface area contributed by atoms with Gasteiger partial charge in [-0.1, -0.05) is 41.9 Å². The molecule has 5 nitrogen and oxygen atoms in total. The van der Waals surface area contributed by atoms with E-state index in [-0.39, 0.29) is 5.54 Å². The van der Waals surface area contributed by atoms with Gasteiger partial charge in [0.1, 0.15) is 5.54 Å². The number of likely N-dealkylation sites (tertiary alicyclic amines) is 2. The van der Waals surface area contributed by atoms with Crippen LogP contribution in [0.3, 0.4) is 0 Å². The van der Waals surface area contributed by atoms with Gasteiger partial charge in [0.25, 0.3) is 0 Å². The zero-order valence-corrected chi connectivity index (χ0v) is 16.4. The Labute approximate surface area is 165 Å². The van der Waals surface area contributed by atoms with E-state index in [2.05, 4.69) is 39.2 Å². The minimum Gasteiger partial charge on any atom is -0.341 e. The third-order valence-corrected chi connectivity index (χ3v) is 6.24. The molecule has 2 fully saturated rings. The Morgan fingerprint density at radius 3 is 2.56 bits per heavy atom. The summed E-state index contributed by atoms with van der Waals surface area (Å²) in [4.78, 5) is 17.9. The van der Waals surface area contributed by atoms with Gasteiger partial charge in [0, 0.05) is 25.8 Å². The first-order valence-corrected chi connectivity index (χ1v) is 10.3. The first kappa shape index (κ1) is 18.5. The average molecular weight is 387 g/mol. The van der Waals surface area contributed by atoms with Crippen LogP contribution in [0, 0.1) is 0 Å². The summed E-state index contributed by atoms with van der Waals surface area (Å²) in [6, 6.07) is 10.4. The van der Waals surface area contributed by atoms with Gasteiger partial charge in [0.2, 0.25) is 5.91 Å². The second-order valence-corrected chi connectivity index (χ2v) is 8.11. The molecule has 1 unspecified atom stereocenters. The fourth-order valence-electron chi connectivity index (χ4n) is 4.66. The maximum absolute atomic E-state index is 13.4. The number of carbonyl (C=O) groups excluding carboxylic acids is 1. The monoisotopic (exact) mass is 386 g/mol. The van der Waals surface area contributed by atoms with E-state index in [1.54, 1.807) is 6.20 Å². The van der Waals surface area contributed by atoms with E-state index >= 15 is 0 Å². The van der Waals surface area contributed by atoms with Gasteiger partial charge in [-0.05, 0) is 44.2 Å². The first-order valence-electron chi connectivity index (χ1n) is 9.94. The number of piperidine rings is 1. The van der Waals surface area contributed by atoms with Crippen LogP contribution >= 0.6 is 11.6 Å². The molecular weight excluding hydrogens is 360 g/mol. The van der Waals surface area contributed by atoms with Crippen molar-refractivity contribution in [2.24, 2.45) is 0 Å². The van der Waals surface area contributed by atoms with Crippen molar-refractivity contribution in [1.82, 2.24) is 19.6 Å². The molecule has 4 rings (SSSR count). The molecule has 1 aromatic heterocycles. The van der Waals surface area contributed by atoms with Gasteiger partial charge in [-0.15, -0.1) is 0 Å². The van der Waals surface area contributed by atoms with E-state index in [4.69, 9.17) is 11.6 Å². The highest BCUT2D eigenvalue weighted by atomic mass is 35.5. The van der Waals surface area contributed by atoms with Crippen molar-refractivity contribution in [2.75, 3.05) is 26.2 Å². The van der Waals surface area contributed by atoms with E-state index < -0.39 is 0 Å². The number of aromatic nitrogens is 2. The minimum absolute atomic E-state index is 0.300. The molecule has 2 aliphatic rings. The smallest absolute Gasteiger partial charge is 0.243 e. The maximum atomic E-state index is 13.4. The van der Waals surface area contributed by atoms with Gasteiger partial charge in [0.05, 0.1) is 17.8 Å². The largest absolute Gasteiger partial charge is 0.341 e. The molecule has 2 saturated heterocycles. The van der Waals surface area contributed by atoms with Crippen molar-refractivity contribution in [1.29, 1.82) is 0 Å². The molecule has 27 heavy (non-hydrogen) atoms. The van der Waals surface area contributed by atoms with Crippen LogP contribution in [0.5, 0.6) is 0 Å². The summed E-state index contributed by atoms with van der Waals surface area (Å²) in [6.45, 7) is 4.30. The van der Waals surface area contributed by atoms with Crippen LogP contribution in [-0.2, 0) is 17.8 Å². The van der Waals surface area contributed by atoms with E-state index in [0.717, 1.165) is 64.8 Å². The Bertz CT molecular complexity index is 777. The van der Waals surface area contributed by atoms with Crippen LogP contribution in [0.25, 0.3) is 0 Å². The van der Waals surface area contributed by atoms with Gasteiger partial charge < -0.3 is 4.90 Å². The summed E-state index contributed by atoms with van der Waals surface area (Å²) in [5, 5.41) is 4.93. The molecule has 1 spiro atoms. The molecule has 0 N–H and O–H groups in total. The summed E-state index contributed by atoms with van der Waals surface area (Å²) in [5.74, 6) is 0.334. The minimum atomic E-state index is -0.300. The number of carbonyl (C=O) groups is 1. The molecule has 0 saturated carbocycles. The van der Waals surface area contributed by atoms with E-state index in [1.165, 1.54) is 5.56 Å². The second-order valence-electron chi connectivity index (χ2n) is 7.68. The molecule has 0 bridgehead atoms. The lowest BCUT2D eigenvalue weighted by atomic mass is 9.85. The van der Waals surface area contributed by atoms with Gasteiger partial charge in [-0.25, -0.2) is 0 Å².